The molecular weight excluding hydrogens is 521 g/mol. The third-order valence-electron chi connectivity index (χ3n) is 10.5. The third kappa shape index (κ3) is 5.11. The topological polar surface area (TPSA) is 57.2 Å². The summed E-state index contributed by atoms with van der Waals surface area (Å²) in [7, 11) is 0. The Kier molecular flexibility index (Phi) is 6.96. The van der Waals surface area contributed by atoms with Crippen LogP contribution in [0.5, 0.6) is 17.2 Å². The van der Waals surface area contributed by atoms with Gasteiger partial charge in [0.1, 0.15) is 17.7 Å². The van der Waals surface area contributed by atoms with Gasteiger partial charge in [-0.3, -0.25) is 4.79 Å². The molecule has 3 fully saturated rings. The molecule has 1 saturated carbocycles. The predicted octanol–water partition coefficient (Wildman–Crippen LogP) is 6.35. The minimum absolute atomic E-state index is 0.00607. The van der Waals surface area contributed by atoms with E-state index in [0.717, 1.165) is 43.0 Å². The van der Waals surface area contributed by atoms with E-state index >= 15 is 0 Å². The van der Waals surface area contributed by atoms with Crippen molar-refractivity contribution in [2.45, 2.75) is 58.0 Å². The highest BCUT2D eigenvalue weighted by Crippen LogP contribution is 2.54. The van der Waals surface area contributed by atoms with Crippen LogP contribution in [0.2, 0.25) is 0 Å². The molecule has 218 valence electrons. The first-order chi connectivity index (χ1) is 19.9. The van der Waals surface area contributed by atoms with Gasteiger partial charge in [-0.2, -0.15) is 0 Å². The van der Waals surface area contributed by atoms with Gasteiger partial charge in [-0.1, -0.05) is 44.1 Å². The first-order valence-corrected chi connectivity index (χ1v) is 15.3. The van der Waals surface area contributed by atoms with Crippen LogP contribution in [-0.2, 0) is 9.53 Å². The highest BCUT2D eigenvalue weighted by molar-refractivity contribution is 5.76. The van der Waals surface area contributed by atoms with Gasteiger partial charge in [0.25, 0.3) is 0 Å². The zero-order chi connectivity index (χ0) is 28.1. The Morgan fingerprint density at radius 3 is 2.78 bits per heavy atom. The van der Waals surface area contributed by atoms with E-state index in [-0.39, 0.29) is 53.8 Å². The Morgan fingerprint density at radius 1 is 1.10 bits per heavy atom. The van der Waals surface area contributed by atoms with E-state index in [1.165, 1.54) is 19.3 Å². The van der Waals surface area contributed by atoms with Gasteiger partial charge in [0.15, 0.2) is 11.5 Å². The maximum atomic E-state index is 13.7. The normalized spacial score (nSPS) is 34.4. The van der Waals surface area contributed by atoms with E-state index in [1.807, 2.05) is 30.3 Å². The van der Waals surface area contributed by atoms with Crippen LogP contribution in [0, 0.1) is 34.9 Å². The number of piperidine rings is 1. The second-order valence-corrected chi connectivity index (χ2v) is 13.1. The fraction of sp³-hybridized carbons (Fsp3) is 0.559. The Morgan fingerprint density at radius 2 is 1.93 bits per heavy atom. The average molecular weight is 562 g/mol. The predicted molar refractivity (Wildman–Crippen MR) is 152 cm³/mol. The minimum Gasteiger partial charge on any atom is -0.493 e. The number of ether oxygens (including phenoxy) is 4. The molecule has 2 aliphatic carbocycles. The van der Waals surface area contributed by atoms with E-state index in [2.05, 4.69) is 24.8 Å². The molecule has 7 atom stereocenters. The monoisotopic (exact) mass is 561 g/mol. The summed E-state index contributed by atoms with van der Waals surface area (Å²) in [4.78, 5) is 15.7. The van der Waals surface area contributed by atoms with Crippen molar-refractivity contribution in [1.29, 1.82) is 0 Å². The van der Waals surface area contributed by atoms with Gasteiger partial charge < -0.3 is 23.8 Å². The molecule has 2 aromatic carbocycles. The quantitative estimate of drug-likeness (QED) is 0.303. The first kappa shape index (κ1) is 26.8. The van der Waals surface area contributed by atoms with Crippen LogP contribution in [0.25, 0.3) is 0 Å². The number of nitrogens with zero attached hydrogens (tertiary/aromatic N) is 1. The summed E-state index contributed by atoms with van der Waals surface area (Å²) in [6.45, 7) is 7.85. The molecule has 41 heavy (non-hydrogen) atoms. The van der Waals surface area contributed by atoms with E-state index in [0.29, 0.717) is 24.8 Å². The number of hydrogen-bond acceptors (Lipinski definition) is 6. The molecule has 2 aromatic rings. The van der Waals surface area contributed by atoms with Crippen LogP contribution in [-0.4, -0.2) is 50.0 Å². The van der Waals surface area contributed by atoms with Crippen molar-refractivity contribution in [3.05, 3.63) is 65.5 Å². The summed E-state index contributed by atoms with van der Waals surface area (Å²) >= 11 is 0. The number of benzene rings is 2. The van der Waals surface area contributed by atoms with Crippen molar-refractivity contribution < 1.29 is 28.1 Å². The first-order valence-electron chi connectivity index (χ1n) is 15.3. The maximum Gasteiger partial charge on any atom is 0.311 e. The molecule has 2 saturated heterocycles. The molecule has 3 aliphatic heterocycles. The van der Waals surface area contributed by atoms with E-state index in [1.54, 1.807) is 17.7 Å². The Labute approximate surface area is 241 Å². The molecular formula is C34H40FNO5. The van der Waals surface area contributed by atoms with Gasteiger partial charge in [-0.25, -0.2) is 4.39 Å². The Hall–Kier alpha value is -3.06. The zero-order valence-electron chi connectivity index (χ0n) is 24.0. The van der Waals surface area contributed by atoms with E-state index in [9.17, 15) is 9.18 Å². The molecule has 0 bridgehead atoms. The lowest BCUT2D eigenvalue weighted by Crippen LogP contribution is -2.46. The number of esters is 1. The van der Waals surface area contributed by atoms with Crippen molar-refractivity contribution >= 4 is 5.97 Å². The van der Waals surface area contributed by atoms with Gasteiger partial charge in [0.2, 0.25) is 6.79 Å². The molecule has 0 N–H and O–H groups in total. The molecule has 0 spiro atoms. The van der Waals surface area contributed by atoms with Gasteiger partial charge in [0, 0.05) is 31.0 Å². The van der Waals surface area contributed by atoms with Crippen molar-refractivity contribution in [1.82, 2.24) is 4.90 Å². The van der Waals surface area contributed by atoms with Gasteiger partial charge in [-0.05, 0) is 79.3 Å². The minimum atomic E-state index is -0.223. The molecule has 7 heteroatoms. The lowest BCUT2D eigenvalue weighted by molar-refractivity contribution is -0.145. The lowest BCUT2D eigenvalue weighted by Gasteiger charge is -2.46. The van der Waals surface area contributed by atoms with Crippen molar-refractivity contribution in [3.63, 3.8) is 0 Å². The smallest absolute Gasteiger partial charge is 0.311 e. The Balaban J connectivity index is 1.08. The Bertz CT molecular complexity index is 1330. The summed E-state index contributed by atoms with van der Waals surface area (Å²) < 4.78 is 37.1. The second-order valence-electron chi connectivity index (χ2n) is 13.1. The lowest BCUT2D eigenvalue weighted by atomic mass is 9.59. The summed E-state index contributed by atoms with van der Waals surface area (Å²) in [5.74, 6) is 2.92. The van der Waals surface area contributed by atoms with Crippen LogP contribution in [0.3, 0.4) is 0 Å². The summed E-state index contributed by atoms with van der Waals surface area (Å²) in [6.07, 6.45) is 7.99. The number of rotatable bonds is 6. The fourth-order valence-corrected chi connectivity index (χ4v) is 8.30. The van der Waals surface area contributed by atoms with Crippen LogP contribution >= 0.6 is 0 Å². The fourth-order valence-electron chi connectivity index (χ4n) is 8.30. The molecule has 0 aromatic heterocycles. The summed E-state index contributed by atoms with van der Waals surface area (Å²) in [5.41, 5.74) is 2.85. The van der Waals surface area contributed by atoms with Gasteiger partial charge in [0.05, 0.1) is 12.5 Å². The number of allylic oxidation sites excluding steroid dienone is 1. The van der Waals surface area contributed by atoms with Gasteiger partial charge >= 0.3 is 5.97 Å². The molecule has 0 amide bonds. The van der Waals surface area contributed by atoms with Crippen LogP contribution in [0.15, 0.2) is 54.1 Å². The molecule has 0 radical (unpaired) electrons. The van der Waals surface area contributed by atoms with Crippen molar-refractivity contribution in [2.75, 3.05) is 33.0 Å². The summed E-state index contributed by atoms with van der Waals surface area (Å²) in [5, 5.41) is 0. The number of carbonyl (C=O) groups is 1. The third-order valence-corrected chi connectivity index (χ3v) is 10.5. The average Bonchev–Trinajstić information content (AvgIpc) is 3.54. The van der Waals surface area contributed by atoms with Gasteiger partial charge in [-0.15, -0.1) is 0 Å². The zero-order valence-corrected chi connectivity index (χ0v) is 24.0. The van der Waals surface area contributed by atoms with E-state index < -0.39 is 0 Å². The molecule has 7 rings (SSSR count). The molecule has 6 nitrogen and oxygen atoms in total. The number of likely N-dealkylation sites (tertiary alicyclic amines) is 1. The van der Waals surface area contributed by atoms with E-state index in [4.69, 9.17) is 18.9 Å². The molecule has 3 heterocycles. The summed E-state index contributed by atoms with van der Waals surface area (Å²) in [6, 6.07) is 12.6. The highest BCUT2D eigenvalue weighted by Gasteiger charge is 2.52. The van der Waals surface area contributed by atoms with Crippen molar-refractivity contribution in [3.8, 4) is 17.2 Å². The highest BCUT2D eigenvalue weighted by atomic mass is 19.1. The SMILES string of the molecule is C[C@H]1CCC[C@]2(C)C[C@H]3OC(=O)[C@H](CN4CC[C@H](c5ccc(F)cc5)[C@@H](COc5ccc6c(c5)OCO6)C4)[C@H]3C=C12. The number of hydrogen-bond donors (Lipinski definition) is 0. The second kappa shape index (κ2) is 10.6. The maximum absolute atomic E-state index is 13.7. The standard InChI is InChI=1S/C34H40FNO5/c1-21-4-3-12-34(2)16-32-27(15-29(21)34)28(33(37)41-32)18-36-13-11-26(22-5-7-24(35)8-6-22)23(17-36)19-38-25-9-10-30-31(14-25)40-20-39-30/h5-10,14-15,21,23,26-28,32H,3-4,11-13,16-20H2,1-2H3/t21-,23+,26+,27+,28+,32+,34+/m0/s1. The molecule has 5 aliphatic rings. The van der Waals surface area contributed by atoms with Crippen molar-refractivity contribution in [2.24, 2.45) is 29.1 Å². The number of fused-ring (bicyclic) bond motifs is 3. The van der Waals surface area contributed by atoms with Crippen LogP contribution in [0.4, 0.5) is 4.39 Å². The number of halogens is 1. The largest absolute Gasteiger partial charge is 0.493 e. The van der Waals surface area contributed by atoms with Crippen LogP contribution < -0.4 is 14.2 Å². The molecule has 0 unspecified atom stereocenters. The number of carbonyl (C=O) groups excluding carboxylic acids is 1. The van der Waals surface area contributed by atoms with Crippen LogP contribution in [0.1, 0.15) is 57.4 Å².